The first-order valence-electron chi connectivity index (χ1n) is 8.96. The average Bonchev–Trinajstić information content (AvgIpc) is 2.98. The van der Waals surface area contributed by atoms with Crippen LogP contribution in [0.4, 0.5) is 4.39 Å². The molecular formula is C23H20FNO4. The number of carbonyl (C=O) groups is 2. The van der Waals surface area contributed by atoms with Crippen LogP contribution in [-0.4, -0.2) is 34.8 Å². The smallest absolute Gasteiger partial charge is 0.295 e. The molecule has 1 N–H and O–H groups in total. The van der Waals surface area contributed by atoms with Crippen molar-refractivity contribution in [2.24, 2.45) is 0 Å². The summed E-state index contributed by atoms with van der Waals surface area (Å²) >= 11 is 0. The summed E-state index contributed by atoms with van der Waals surface area (Å²) in [6.45, 7) is 7.65. The molecule has 1 heterocycles. The van der Waals surface area contributed by atoms with Crippen LogP contribution >= 0.6 is 0 Å². The number of halogens is 1. The van der Waals surface area contributed by atoms with Crippen molar-refractivity contribution in [2.75, 3.05) is 13.2 Å². The number of Topliss-reactive ketones (excluding diaryl/α,β-unsaturated/α-hetero) is 1. The zero-order chi connectivity index (χ0) is 21.0. The highest BCUT2D eigenvalue weighted by molar-refractivity contribution is 6.46. The fourth-order valence-electron chi connectivity index (χ4n) is 3.22. The van der Waals surface area contributed by atoms with Crippen LogP contribution in [-0.2, 0) is 9.59 Å². The quantitative estimate of drug-likeness (QED) is 0.334. The Morgan fingerprint density at radius 2 is 1.72 bits per heavy atom. The van der Waals surface area contributed by atoms with Crippen molar-refractivity contribution in [3.8, 4) is 5.75 Å². The number of ketones is 1. The summed E-state index contributed by atoms with van der Waals surface area (Å²) < 4.78 is 18.8. The molecule has 0 saturated carbocycles. The number of hydrogen-bond donors (Lipinski definition) is 1. The third kappa shape index (κ3) is 3.96. The van der Waals surface area contributed by atoms with Gasteiger partial charge in [-0.1, -0.05) is 30.9 Å². The number of carbonyl (C=O) groups excluding carboxylic acids is 2. The second-order valence-electron chi connectivity index (χ2n) is 6.42. The van der Waals surface area contributed by atoms with Gasteiger partial charge < -0.3 is 14.7 Å². The van der Waals surface area contributed by atoms with Gasteiger partial charge in [-0.2, -0.15) is 0 Å². The molecule has 1 aliphatic rings. The standard InChI is InChI=1S/C23H20FNO4/c1-3-13-25-20(15-5-9-17(24)10-6-15)19(22(27)23(25)28)21(26)16-7-11-18(12-8-16)29-14-4-2/h3-12,20,26H,1-2,13-14H2/b21-19+. The minimum atomic E-state index is -0.842. The van der Waals surface area contributed by atoms with E-state index >= 15 is 0 Å². The highest BCUT2D eigenvalue weighted by atomic mass is 19.1. The zero-order valence-electron chi connectivity index (χ0n) is 15.7. The highest BCUT2D eigenvalue weighted by Crippen LogP contribution is 2.39. The number of nitrogens with zero attached hydrogens (tertiary/aromatic N) is 1. The molecule has 148 valence electrons. The summed E-state index contributed by atoms with van der Waals surface area (Å²) in [5.41, 5.74) is 0.822. The van der Waals surface area contributed by atoms with Gasteiger partial charge in [0.15, 0.2) is 0 Å². The second kappa shape index (κ2) is 8.56. The van der Waals surface area contributed by atoms with Crippen LogP contribution in [0.15, 0.2) is 79.4 Å². The van der Waals surface area contributed by atoms with Crippen LogP contribution in [0.25, 0.3) is 5.76 Å². The van der Waals surface area contributed by atoms with Crippen LogP contribution in [0.3, 0.4) is 0 Å². The van der Waals surface area contributed by atoms with Crippen LogP contribution in [0.2, 0.25) is 0 Å². The van der Waals surface area contributed by atoms with E-state index in [2.05, 4.69) is 13.2 Å². The Hall–Kier alpha value is -3.67. The first-order valence-corrected chi connectivity index (χ1v) is 8.96. The Balaban J connectivity index is 2.08. The molecule has 1 saturated heterocycles. The maximum Gasteiger partial charge on any atom is 0.295 e. The van der Waals surface area contributed by atoms with Crippen molar-refractivity contribution in [3.63, 3.8) is 0 Å². The van der Waals surface area contributed by atoms with Gasteiger partial charge in [0.05, 0.1) is 11.6 Å². The number of rotatable bonds is 7. The lowest BCUT2D eigenvalue weighted by atomic mass is 9.95. The van der Waals surface area contributed by atoms with Crippen LogP contribution < -0.4 is 4.74 Å². The fourth-order valence-corrected chi connectivity index (χ4v) is 3.22. The minimum Gasteiger partial charge on any atom is -0.507 e. The Morgan fingerprint density at radius 3 is 2.31 bits per heavy atom. The van der Waals surface area contributed by atoms with E-state index in [4.69, 9.17) is 4.74 Å². The molecule has 1 aliphatic heterocycles. The van der Waals surface area contributed by atoms with Gasteiger partial charge in [-0.3, -0.25) is 9.59 Å². The predicted molar refractivity (Wildman–Crippen MR) is 108 cm³/mol. The van der Waals surface area contributed by atoms with Crippen molar-refractivity contribution in [1.29, 1.82) is 0 Å². The number of aliphatic hydroxyl groups is 1. The molecule has 1 atom stereocenters. The Labute approximate surface area is 168 Å². The number of aliphatic hydroxyl groups excluding tert-OH is 1. The van der Waals surface area contributed by atoms with E-state index in [0.29, 0.717) is 23.5 Å². The van der Waals surface area contributed by atoms with E-state index in [9.17, 15) is 19.1 Å². The van der Waals surface area contributed by atoms with Crippen LogP contribution in [0.1, 0.15) is 17.2 Å². The maximum atomic E-state index is 13.4. The Bertz CT molecular complexity index is 977. The number of ether oxygens (including phenoxy) is 1. The van der Waals surface area contributed by atoms with Gasteiger partial charge >= 0.3 is 0 Å². The van der Waals surface area contributed by atoms with Crippen LogP contribution in [0.5, 0.6) is 5.75 Å². The van der Waals surface area contributed by atoms with Crippen molar-refractivity contribution in [2.45, 2.75) is 6.04 Å². The first kappa shape index (κ1) is 20.1. The Morgan fingerprint density at radius 1 is 1.07 bits per heavy atom. The van der Waals surface area contributed by atoms with E-state index in [1.807, 2.05) is 0 Å². The second-order valence-corrected chi connectivity index (χ2v) is 6.42. The lowest BCUT2D eigenvalue weighted by Gasteiger charge is -2.24. The SMILES string of the molecule is C=CCOc1ccc(/C(O)=C2\C(=O)C(=O)N(CC=C)C2c2ccc(F)cc2)cc1. The summed E-state index contributed by atoms with van der Waals surface area (Å²) in [5.74, 6) is -1.72. The van der Waals surface area contributed by atoms with Crippen molar-refractivity contribution in [3.05, 3.63) is 96.4 Å². The lowest BCUT2D eigenvalue weighted by molar-refractivity contribution is -0.139. The van der Waals surface area contributed by atoms with E-state index in [0.717, 1.165) is 0 Å². The summed E-state index contributed by atoms with van der Waals surface area (Å²) in [6.07, 6.45) is 3.10. The minimum absolute atomic E-state index is 0.0526. The van der Waals surface area contributed by atoms with Crippen molar-refractivity contribution >= 4 is 17.4 Å². The molecule has 0 aliphatic carbocycles. The van der Waals surface area contributed by atoms with Crippen molar-refractivity contribution in [1.82, 2.24) is 4.90 Å². The lowest BCUT2D eigenvalue weighted by Crippen LogP contribution is -2.29. The fraction of sp³-hybridized carbons (Fsp3) is 0.130. The molecule has 2 aromatic carbocycles. The van der Waals surface area contributed by atoms with Gasteiger partial charge in [-0.25, -0.2) is 4.39 Å². The molecule has 3 rings (SSSR count). The molecule has 2 aromatic rings. The molecule has 0 bridgehead atoms. The van der Waals surface area contributed by atoms with Gasteiger partial charge in [-0.15, -0.1) is 6.58 Å². The molecule has 0 spiro atoms. The number of amides is 1. The molecule has 0 radical (unpaired) electrons. The molecule has 29 heavy (non-hydrogen) atoms. The van der Waals surface area contributed by atoms with Gasteiger partial charge in [0, 0.05) is 12.1 Å². The summed E-state index contributed by atoms with van der Waals surface area (Å²) in [6, 6.07) is 11.1. The summed E-state index contributed by atoms with van der Waals surface area (Å²) in [4.78, 5) is 26.6. The van der Waals surface area contributed by atoms with E-state index < -0.39 is 23.5 Å². The van der Waals surface area contributed by atoms with Gasteiger partial charge in [-0.05, 0) is 42.0 Å². The van der Waals surface area contributed by atoms with Crippen molar-refractivity contribution < 1.29 is 23.8 Å². The predicted octanol–water partition coefficient (Wildman–Crippen LogP) is 4.00. The van der Waals surface area contributed by atoms with Gasteiger partial charge in [0.2, 0.25) is 0 Å². The number of likely N-dealkylation sites (tertiary alicyclic amines) is 1. The average molecular weight is 393 g/mol. The largest absolute Gasteiger partial charge is 0.507 e. The third-order valence-corrected chi connectivity index (χ3v) is 4.55. The maximum absolute atomic E-state index is 13.4. The molecule has 1 amide bonds. The van der Waals surface area contributed by atoms with E-state index in [-0.39, 0.29) is 17.9 Å². The molecule has 0 aromatic heterocycles. The van der Waals surface area contributed by atoms with Crippen LogP contribution in [0, 0.1) is 5.82 Å². The topological polar surface area (TPSA) is 66.8 Å². The van der Waals surface area contributed by atoms with Gasteiger partial charge in [0.25, 0.3) is 11.7 Å². The van der Waals surface area contributed by atoms with E-state index in [1.54, 1.807) is 30.3 Å². The Kier molecular flexibility index (Phi) is 5.93. The third-order valence-electron chi connectivity index (χ3n) is 4.55. The molecule has 5 nitrogen and oxygen atoms in total. The monoisotopic (exact) mass is 393 g/mol. The normalized spacial score (nSPS) is 18.0. The first-order chi connectivity index (χ1) is 14.0. The summed E-state index contributed by atoms with van der Waals surface area (Å²) in [7, 11) is 0. The number of benzene rings is 2. The summed E-state index contributed by atoms with van der Waals surface area (Å²) in [5, 5.41) is 10.9. The highest BCUT2D eigenvalue weighted by Gasteiger charge is 2.45. The molecule has 1 unspecified atom stereocenters. The van der Waals surface area contributed by atoms with E-state index in [1.165, 1.54) is 35.2 Å². The molecular weight excluding hydrogens is 373 g/mol. The number of hydrogen-bond acceptors (Lipinski definition) is 4. The molecule has 1 fully saturated rings. The molecule has 6 heteroatoms. The zero-order valence-corrected chi connectivity index (χ0v) is 15.7. The van der Waals surface area contributed by atoms with Gasteiger partial charge in [0.1, 0.15) is 23.9 Å².